The monoisotopic (exact) mass is 561 g/mol. The highest BCUT2D eigenvalue weighted by Crippen LogP contribution is 2.13. The van der Waals surface area contributed by atoms with Crippen LogP contribution in [0.15, 0.2) is 18.3 Å². The summed E-state index contributed by atoms with van der Waals surface area (Å²) in [6.45, 7) is 5.71. The minimum atomic E-state index is -0.0617. The molecule has 0 fully saturated rings. The number of carbonyl (C=O) groups is 2. The Morgan fingerprint density at radius 2 is 0.850 bits per heavy atom. The molecule has 0 spiro atoms. The van der Waals surface area contributed by atoms with Crippen LogP contribution in [0.2, 0.25) is 0 Å². The van der Waals surface area contributed by atoms with Crippen molar-refractivity contribution in [2.24, 2.45) is 22.9 Å². The van der Waals surface area contributed by atoms with Crippen molar-refractivity contribution in [3.05, 3.63) is 29.6 Å². The molecule has 0 aromatic carbocycles. The van der Waals surface area contributed by atoms with E-state index in [1.807, 2.05) is 9.80 Å². The van der Waals surface area contributed by atoms with Crippen molar-refractivity contribution in [2.75, 3.05) is 52.4 Å². The van der Waals surface area contributed by atoms with Crippen LogP contribution < -0.4 is 22.9 Å². The largest absolute Gasteiger partial charge is 0.339 e. The lowest BCUT2D eigenvalue weighted by molar-refractivity contribution is 0.0732. The molecule has 230 valence electrons. The average molecular weight is 562 g/mol. The molecule has 9 heteroatoms. The lowest BCUT2D eigenvalue weighted by Gasteiger charge is -2.24. The first-order valence-electron chi connectivity index (χ1n) is 15.9. The smallest absolute Gasteiger partial charge is 0.272 e. The predicted octanol–water partition coefficient (Wildman–Crippen LogP) is 4.04. The molecule has 0 saturated carbocycles. The Balaban J connectivity index is 2.81. The summed E-state index contributed by atoms with van der Waals surface area (Å²) < 4.78 is 0. The van der Waals surface area contributed by atoms with Gasteiger partial charge in [-0.05, 0) is 89.7 Å². The first-order chi connectivity index (χ1) is 19.6. The molecule has 40 heavy (non-hydrogen) atoms. The van der Waals surface area contributed by atoms with Gasteiger partial charge in [0, 0.05) is 32.4 Å². The molecule has 1 rings (SSSR count). The van der Waals surface area contributed by atoms with E-state index in [0.717, 1.165) is 116 Å². The number of hydrogen-bond donors (Lipinski definition) is 4. The Labute approximate surface area is 243 Å². The standard InChI is InChI=1S/C31H59N7O2/c32-19-9-1-5-13-23-37(24-14-6-2-10-20-33)30(39)28-17-18-29(36-27-28)31(40)38(25-15-7-3-11-21-34)26-16-8-4-12-22-35/h17-18,27H,1-16,19-26,32-35H2. The molecule has 1 aromatic heterocycles. The quantitative estimate of drug-likeness (QED) is 0.124. The maximum atomic E-state index is 13.4. The maximum absolute atomic E-state index is 13.4. The fourth-order valence-electron chi connectivity index (χ4n) is 4.82. The van der Waals surface area contributed by atoms with Gasteiger partial charge in [-0.25, -0.2) is 0 Å². The van der Waals surface area contributed by atoms with Gasteiger partial charge in [0.1, 0.15) is 5.69 Å². The Bertz CT molecular complexity index is 670. The van der Waals surface area contributed by atoms with Gasteiger partial charge in [-0.3, -0.25) is 14.6 Å². The van der Waals surface area contributed by atoms with Crippen LogP contribution in [0.25, 0.3) is 0 Å². The van der Waals surface area contributed by atoms with Crippen molar-refractivity contribution in [2.45, 2.75) is 103 Å². The number of aromatic nitrogens is 1. The number of carbonyl (C=O) groups excluding carboxylic acids is 2. The molecule has 0 aliphatic rings. The summed E-state index contributed by atoms with van der Waals surface area (Å²) in [5, 5.41) is 0. The van der Waals surface area contributed by atoms with Crippen LogP contribution in [0, 0.1) is 0 Å². The van der Waals surface area contributed by atoms with E-state index in [0.29, 0.717) is 50.5 Å². The van der Waals surface area contributed by atoms with Gasteiger partial charge < -0.3 is 32.7 Å². The number of hydrogen-bond acceptors (Lipinski definition) is 7. The molecule has 0 aliphatic heterocycles. The molecule has 0 radical (unpaired) electrons. The molecule has 9 nitrogen and oxygen atoms in total. The summed E-state index contributed by atoms with van der Waals surface area (Å²) in [4.78, 5) is 35.1. The summed E-state index contributed by atoms with van der Waals surface area (Å²) >= 11 is 0. The van der Waals surface area contributed by atoms with E-state index >= 15 is 0 Å². The van der Waals surface area contributed by atoms with Crippen LogP contribution in [0.4, 0.5) is 0 Å². The van der Waals surface area contributed by atoms with E-state index < -0.39 is 0 Å². The fraction of sp³-hybridized carbons (Fsp3) is 0.774. The lowest BCUT2D eigenvalue weighted by Crippen LogP contribution is -2.34. The second-order valence-electron chi connectivity index (χ2n) is 10.8. The van der Waals surface area contributed by atoms with Gasteiger partial charge in [0.05, 0.1) is 5.56 Å². The predicted molar refractivity (Wildman–Crippen MR) is 166 cm³/mol. The van der Waals surface area contributed by atoms with Crippen molar-refractivity contribution >= 4 is 11.8 Å². The third-order valence-electron chi connectivity index (χ3n) is 7.33. The number of nitrogens with zero attached hydrogens (tertiary/aromatic N) is 3. The second kappa shape index (κ2) is 24.7. The summed E-state index contributed by atoms with van der Waals surface area (Å²) in [6, 6.07) is 3.48. The topological polar surface area (TPSA) is 158 Å². The van der Waals surface area contributed by atoms with Crippen LogP contribution in [-0.2, 0) is 0 Å². The van der Waals surface area contributed by atoms with Gasteiger partial charge in [-0.15, -0.1) is 0 Å². The Morgan fingerprint density at radius 1 is 0.500 bits per heavy atom. The number of rotatable bonds is 26. The first-order valence-corrected chi connectivity index (χ1v) is 15.9. The van der Waals surface area contributed by atoms with Gasteiger partial charge in [0.2, 0.25) is 0 Å². The van der Waals surface area contributed by atoms with E-state index in [4.69, 9.17) is 22.9 Å². The zero-order valence-electron chi connectivity index (χ0n) is 25.2. The summed E-state index contributed by atoms with van der Waals surface area (Å²) in [6.07, 6.45) is 18.1. The van der Waals surface area contributed by atoms with Gasteiger partial charge in [0.15, 0.2) is 0 Å². The van der Waals surface area contributed by atoms with Crippen LogP contribution >= 0.6 is 0 Å². The van der Waals surface area contributed by atoms with E-state index in [1.165, 1.54) is 0 Å². The third kappa shape index (κ3) is 16.3. The van der Waals surface area contributed by atoms with Gasteiger partial charge in [-0.1, -0.05) is 51.4 Å². The number of amides is 2. The second-order valence-corrected chi connectivity index (χ2v) is 10.8. The molecule has 0 atom stereocenters. The molecular formula is C31H59N7O2. The van der Waals surface area contributed by atoms with Crippen molar-refractivity contribution in [3.8, 4) is 0 Å². The van der Waals surface area contributed by atoms with Gasteiger partial charge in [0.25, 0.3) is 11.8 Å². The summed E-state index contributed by atoms with van der Waals surface area (Å²) in [5.74, 6) is -0.0749. The average Bonchev–Trinajstić information content (AvgIpc) is 2.98. The van der Waals surface area contributed by atoms with Gasteiger partial charge in [-0.2, -0.15) is 0 Å². The number of unbranched alkanes of at least 4 members (excludes halogenated alkanes) is 12. The van der Waals surface area contributed by atoms with Crippen molar-refractivity contribution in [3.63, 3.8) is 0 Å². The van der Waals surface area contributed by atoms with Gasteiger partial charge >= 0.3 is 0 Å². The highest BCUT2D eigenvalue weighted by Gasteiger charge is 2.19. The van der Waals surface area contributed by atoms with E-state index in [1.54, 1.807) is 18.3 Å². The lowest BCUT2D eigenvalue weighted by atomic mass is 10.1. The normalized spacial score (nSPS) is 11.1. The van der Waals surface area contributed by atoms with Crippen LogP contribution in [-0.4, -0.2) is 79.0 Å². The summed E-state index contributed by atoms with van der Waals surface area (Å²) in [7, 11) is 0. The minimum Gasteiger partial charge on any atom is -0.339 e. The molecule has 2 amide bonds. The molecule has 8 N–H and O–H groups in total. The Morgan fingerprint density at radius 3 is 1.18 bits per heavy atom. The Kier molecular flexibility index (Phi) is 22.2. The Hall–Kier alpha value is -2.07. The molecule has 0 bridgehead atoms. The molecular weight excluding hydrogens is 502 g/mol. The fourth-order valence-corrected chi connectivity index (χ4v) is 4.82. The number of pyridine rings is 1. The zero-order chi connectivity index (χ0) is 29.3. The van der Waals surface area contributed by atoms with Crippen molar-refractivity contribution < 1.29 is 9.59 Å². The highest BCUT2D eigenvalue weighted by atomic mass is 16.2. The summed E-state index contributed by atoms with van der Waals surface area (Å²) in [5.41, 5.74) is 23.4. The zero-order valence-corrected chi connectivity index (χ0v) is 25.2. The third-order valence-corrected chi connectivity index (χ3v) is 7.33. The molecule has 1 aromatic rings. The van der Waals surface area contributed by atoms with Crippen LogP contribution in [0.5, 0.6) is 0 Å². The maximum Gasteiger partial charge on any atom is 0.272 e. The first kappa shape index (κ1) is 36.0. The number of nitrogens with two attached hydrogens (primary N) is 4. The molecule has 0 aliphatic carbocycles. The molecule has 0 saturated heterocycles. The van der Waals surface area contributed by atoms with E-state index in [9.17, 15) is 9.59 Å². The molecule has 1 heterocycles. The minimum absolute atomic E-state index is 0.0131. The van der Waals surface area contributed by atoms with E-state index in [-0.39, 0.29) is 11.8 Å². The van der Waals surface area contributed by atoms with Crippen molar-refractivity contribution in [1.29, 1.82) is 0 Å². The molecule has 0 unspecified atom stereocenters. The van der Waals surface area contributed by atoms with Crippen LogP contribution in [0.3, 0.4) is 0 Å². The van der Waals surface area contributed by atoms with E-state index in [2.05, 4.69) is 4.98 Å². The highest BCUT2D eigenvalue weighted by molar-refractivity contribution is 5.96. The SMILES string of the molecule is NCCCCCCN(CCCCCCN)C(=O)c1ccc(C(=O)N(CCCCCCN)CCCCCCN)nc1. The van der Waals surface area contributed by atoms with Crippen molar-refractivity contribution in [1.82, 2.24) is 14.8 Å². The van der Waals surface area contributed by atoms with Crippen LogP contribution in [0.1, 0.15) is 124 Å².